The van der Waals surface area contributed by atoms with Crippen molar-refractivity contribution in [1.82, 2.24) is 15.2 Å². The number of aryl methyl sites for hydroxylation is 1. The van der Waals surface area contributed by atoms with Gasteiger partial charge in [-0.2, -0.15) is 0 Å². The van der Waals surface area contributed by atoms with Crippen molar-refractivity contribution < 1.29 is 4.79 Å². The Morgan fingerprint density at radius 1 is 1.35 bits per heavy atom. The fraction of sp³-hybridized carbons (Fsp3) is 0.444. The fourth-order valence-electron chi connectivity index (χ4n) is 2.85. The highest BCUT2D eigenvalue weighted by Gasteiger charge is 2.29. The number of aromatic nitrogens is 1. The van der Waals surface area contributed by atoms with Crippen LogP contribution in [0.5, 0.6) is 0 Å². The zero-order valence-electron chi connectivity index (χ0n) is 13.9. The van der Waals surface area contributed by atoms with E-state index in [4.69, 9.17) is 0 Å². The number of nitrogens with zero attached hydrogens (tertiary/aromatic N) is 2. The summed E-state index contributed by atoms with van der Waals surface area (Å²) in [5, 5.41) is 6.31. The Kier molecular flexibility index (Phi) is 4.50. The lowest BCUT2D eigenvalue weighted by molar-refractivity contribution is 0.0647. The smallest absolute Gasteiger partial charge is 0.273 e. The highest BCUT2D eigenvalue weighted by atomic mass is 32.1. The van der Waals surface area contributed by atoms with Crippen LogP contribution >= 0.6 is 11.3 Å². The Labute approximate surface area is 141 Å². The predicted molar refractivity (Wildman–Crippen MR) is 94.1 cm³/mol. The average molecular weight is 329 g/mol. The summed E-state index contributed by atoms with van der Waals surface area (Å²) in [4.78, 5) is 19.1. The van der Waals surface area contributed by atoms with Gasteiger partial charge >= 0.3 is 0 Å². The van der Waals surface area contributed by atoms with Gasteiger partial charge in [0.25, 0.3) is 5.91 Å². The molecule has 3 rings (SSSR count). The Morgan fingerprint density at radius 3 is 2.78 bits per heavy atom. The molecule has 1 aliphatic heterocycles. The highest BCUT2D eigenvalue weighted by Crippen LogP contribution is 2.18. The minimum atomic E-state index is -0.0331. The first kappa shape index (κ1) is 16.1. The molecule has 1 fully saturated rings. The van der Waals surface area contributed by atoms with Crippen LogP contribution in [0.1, 0.15) is 40.5 Å². The van der Waals surface area contributed by atoms with Crippen molar-refractivity contribution in [1.29, 1.82) is 0 Å². The van der Waals surface area contributed by atoms with Gasteiger partial charge in [-0.3, -0.25) is 4.79 Å². The molecule has 0 bridgehead atoms. The van der Waals surface area contributed by atoms with E-state index in [-0.39, 0.29) is 11.4 Å². The molecule has 1 amide bonds. The number of rotatable bonds is 3. The molecule has 4 nitrogen and oxygen atoms in total. The lowest BCUT2D eigenvalue weighted by Gasteiger charge is -2.38. The van der Waals surface area contributed by atoms with Crippen LogP contribution in [0.25, 0.3) is 0 Å². The van der Waals surface area contributed by atoms with E-state index in [9.17, 15) is 4.79 Å². The Balaban J connectivity index is 1.68. The first-order chi connectivity index (χ1) is 10.9. The molecule has 1 N–H and O–H groups in total. The second-order valence-corrected chi connectivity index (χ2v) is 7.77. The summed E-state index contributed by atoms with van der Waals surface area (Å²) in [7, 11) is 0. The zero-order chi connectivity index (χ0) is 16.4. The molecule has 0 unspecified atom stereocenters. The summed E-state index contributed by atoms with van der Waals surface area (Å²) < 4.78 is 0. The number of amides is 1. The van der Waals surface area contributed by atoms with Gasteiger partial charge in [0, 0.05) is 37.0 Å². The predicted octanol–water partition coefficient (Wildman–Crippen LogP) is 2.87. The van der Waals surface area contributed by atoms with Gasteiger partial charge in [-0.25, -0.2) is 4.98 Å². The molecular weight excluding hydrogens is 306 g/mol. The molecule has 0 saturated carbocycles. The average Bonchev–Trinajstić information content (AvgIpc) is 2.96. The van der Waals surface area contributed by atoms with Crippen LogP contribution in [0.4, 0.5) is 0 Å². The third-order valence-electron chi connectivity index (χ3n) is 4.11. The molecule has 0 radical (unpaired) electrons. The normalized spacial score (nSPS) is 17.3. The number of piperazine rings is 1. The van der Waals surface area contributed by atoms with Crippen molar-refractivity contribution >= 4 is 17.2 Å². The molecule has 1 aromatic carbocycles. The molecule has 1 aromatic heterocycles. The largest absolute Gasteiger partial charge is 0.334 e. The van der Waals surface area contributed by atoms with E-state index in [1.165, 1.54) is 11.1 Å². The number of hydrogen-bond acceptors (Lipinski definition) is 4. The molecule has 2 aromatic rings. The summed E-state index contributed by atoms with van der Waals surface area (Å²) >= 11 is 1.57. The van der Waals surface area contributed by atoms with E-state index >= 15 is 0 Å². The number of hydrogen-bond donors (Lipinski definition) is 1. The lowest BCUT2D eigenvalue weighted by Crippen LogP contribution is -2.58. The Bertz CT molecular complexity index is 691. The van der Waals surface area contributed by atoms with Crippen molar-refractivity contribution in [3.8, 4) is 0 Å². The maximum absolute atomic E-state index is 12.6. The SMILES string of the molecule is Cc1ccc(Cc2nc(C(=O)N3CCNC(C)(C)C3)cs2)cc1. The summed E-state index contributed by atoms with van der Waals surface area (Å²) in [6, 6.07) is 8.46. The molecule has 5 heteroatoms. The Morgan fingerprint density at radius 2 is 2.09 bits per heavy atom. The van der Waals surface area contributed by atoms with Crippen LogP contribution in [-0.2, 0) is 6.42 Å². The van der Waals surface area contributed by atoms with E-state index in [0.717, 1.165) is 31.1 Å². The van der Waals surface area contributed by atoms with Gasteiger partial charge in [0.05, 0.1) is 5.01 Å². The quantitative estimate of drug-likeness (QED) is 0.942. The lowest BCUT2D eigenvalue weighted by atomic mass is 10.0. The van der Waals surface area contributed by atoms with Crippen molar-refractivity contribution in [3.05, 3.63) is 51.5 Å². The van der Waals surface area contributed by atoms with Gasteiger partial charge in [0.15, 0.2) is 0 Å². The second-order valence-electron chi connectivity index (χ2n) is 6.83. The second kappa shape index (κ2) is 6.42. The Hall–Kier alpha value is -1.72. The number of thiazole rings is 1. The molecular formula is C18H23N3OS. The molecule has 0 aliphatic carbocycles. The minimum absolute atomic E-state index is 0.0331. The summed E-state index contributed by atoms with van der Waals surface area (Å²) in [6.07, 6.45) is 0.783. The van der Waals surface area contributed by atoms with Gasteiger partial charge in [-0.1, -0.05) is 29.8 Å². The van der Waals surface area contributed by atoms with Crippen LogP contribution in [-0.4, -0.2) is 41.0 Å². The molecule has 1 saturated heterocycles. The maximum atomic E-state index is 12.6. The number of benzene rings is 1. The summed E-state index contributed by atoms with van der Waals surface area (Å²) in [5.74, 6) is 0.0472. The van der Waals surface area contributed by atoms with Gasteiger partial charge in [0.1, 0.15) is 5.69 Å². The van der Waals surface area contributed by atoms with E-state index < -0.39 is 0 Å². The van der Waals surface area contributed by atoms with Gasteiger partial charge in [0.2, 0.25) is 0 Å². The monoisotopic (exact) mass is 329 g/mol. The summed E-state index contributed by atoms with van der Waals surface area (Å²) in [5.41, 5.74) is 3.03. The third kappa shape index (κ3) is 3.98. The van der Waals surface area contributed by atoms with Crippen molar-refractivity contribution in [2.45, 2.75) is 32.7 Å². The van der Waals surface area contributed by atoms with Gasteiger partial charge in [-0.05, 0) is 26.3 Å². The first-order valence-electron chi connectivity index (χ1n) is 7.97. The minimum Gasteiger partial charge on any atom is -0.334 e. The third-order valence-corrected chi connectivity index (χ3v) is 4.95. The number of carbonyl (C=O) groups excluding carboxylic acids is 1. The molecule has 1 aliphatic rings. The van der Waals surface area contributed by atoms with E-state index in [1.54, 1.807) is 11.3 Å². The molecule has 23 heavy (non-hydrogen) atoms. The zero-order valence-corrected chi connectivity index (χ0v) is 14.7. The highest BCUT2D eigenvalue weighted by molar-refractivity contribution is 7.09. The summed E-state index contributed by atoms with van der Waals surface area (Å²) in [6.45, 7) is 8.62. The fourth-order valence-corrected chi connectivity index (χ4v) is 3.65. The van der Waals surface area contributed by atoms with E-state index in [2.05, 4.69) is 55.3 Å². The maximum Gasteiger partial charge on any atom is 0.273 e. The van der Waals surface area contributed by atoms with Crippen molar-refractivity contribution in [2.24, 2.45) is 0 Å². The standard InChI is InChI=1S/C18H23N3OS/c1-13-4-6-14(7-5-13)10-16-20-15(11-23-16)17(22)21-9-8-19-18(2,3)12-21/h4-7,11,19H,8-10,12H2,1-3H3. The van der Waals surface area contributed by atoms with E-state index in [0.29, 0.717) is 5.69 Å². The molecule has 0 atom stereocenters. The number of carbonyl (C=O) groups is 1. The first-order valence-corrected chi connectivity index (χ1v) is 8.85. The topological polar surface area (TPSA) is 45.2 Å². The molecule has 0 spiro atoms. The van der Waals surface area contributed by atoms with Crippen LogP contribution in [0.3, 0.4) is 0 Å². The van der Waals surface area contributed by atoms with Crippen LogP contribution in [0.2, 0.25) is 0 Å². The van der Waals surface area contributed by atoms with Crippen LogP contribution in [0.15, 0.2) is 29.6 Å². The van der Waals surface area contributed by atoms with Crippen LogP contribution < -0.4 is 5.32 Å². The van der Waals surface area contributed by atoms with E-state index in [1.807, 2.05) is 10.3 Å². The van der Waals surface area contributed by atoms with Crippen LogP contribution in [0, 0.1) is 6.92 Å². The van der Waals surface area contributed by atoms with Gasteiger partial charge < -0.3 is 10.2 Å². The van der Waals surface area contributed by atoms with Gasteiger partial charge in [-0.15, -0.1) is 11.3 Å². The van der Waals surface area contributed by atoms with Crippen molar-refractivity contribution in [3.63, 3.8) is 0 Å². The molecule has 2 heterocycles. The number of nitrogens with one attached hydrogen (secondary N) is 1. The van der Waals surface area contributed by atoms with Crippen molar-refractivity contribution in [2.75, 3.05) is 19.6 Å². The molecule has 122 valence electrons.